The maximum absolute atomic E-state index is 13.3. The number of anilines is 1. The Hall–Kier alpha value is -2.56. The second-order valence-corrected chi connectivity index (χ2v) is 11.7. The maximum Gasteiger partial charge on any atom is 0.252 e. The van der Waals surface area contributed by atoms with E-state index in [4.69, 9.17) is 4.52 Å². The van der Waals surface area contributed by atoms with Gasteiger partial charge in [0, 0.05) is 35.6 Å². The monoisotopic (exact) mass is 486 g/mol. The molecule has 2 aliphatic rings. The van der Waals surface area contributed by atoms with Crippen LogP contribution in [0.3, 0.4) is 0 Å². The van der Waals surface area contributed by atoms with Crippen molar-refractivity contribution in [2.45, 2.75) is 48.7 Å². The summed E-state index contributed by atoms with van der Waals surface area (Å²) in [7, 11) is -3.71. The van der Waals surface area contributed by atoms with Gasteiger partial charge in [0.2, 0.25) is 17.6 Å². The van der Waals surface area contributed by atoms with Gasteiger partial charge in [0.15, 0.2) is 0 Å². The number of benzene rings is 1. The SMILES string of the molecule is O=C(Nc1ccccc1)[C@H]1CCCN(S(=O)(=O)c2cc(-c3noc(C4CCCC4)n3)cs2)C1. The van der Waals surface area contributed by atoms with Crippen LogP contribution in [0.4, 0.5) is 5.69 Å². The van der Waals surface area contributed by atoms with Crippen LogP contribution in [0.5, 0.6) is 0 Å². The van der Waals surface area contributed by atoms with Crippen LogP contribution in [0.15, 0.2) is 50.5 Å². The highest BCUT2D eigenvalue weighted by Crippen LogP contribution is 2.35. The van der Waals surface area contributed by atoms with Crippen LogP contribution in [0.2, 0.25) is 0 Å². The van der Waals surface area contributed by atoms with Gasteiger partial charge in [0.05, 0.1) is 5.92 Å². The molecule has 1 saturated heterocycles. The molecule has 174 valence electrons. The molecule has 1 amide bonds. The van der Waals surface area contributed by atoms with Crippen LogP contribution in [0.1, 0.15) is 50.3 Å². The number of nitrogens with zero attached hydrogens (tertiary/aromatic N) is 3. The van der Waals surface area contributed by atoms with Crippen molar-refractivity contribution in [3.05, 3.63) is 47.7 Å². The quantitative estimate of drug-likeness (QED) is 0.550. The second-order valence-electron chi connectivity index (χ2n) is 8.65. The summed E-state index contributed by atoms with van der Waals surface area (Å²) in [4.78, 5) is 17.2. The Balaban J connectivity index is 1.28. The van der Waals surface area contributed by atoms with Crippen LogP contribution >= 0.6 is 11.3 Å². The number of para-hydroxylation sites is 1. The molecule has 0 radical (unpaired) electrons. The second kappa shape index (κ2) is 9.36. The van der Waals surface area contributed by atoms with Crippen molar-refractivity contribution in [3.63, 3.8) is 0 Å². The van der Waals surface area contributed by atoms with Gasteiger partial charge < -0.3 is 9.84 Å². The first-order valence-electron chi connectivity index (χ1n) is 11.3. The zero-order valence-electron chi connectivity index (χ0n) is 18.1. The maximum atomic E-state index is 13.3. The average Bonchev–Trinajstić information content (AvgIpc) is 3.61. The van der Waals surface area contributed by atoms with Gasteiger partial charge in [0.1, 0.15) is 4.21 Å². The molecular formula is C23H26N4O4S2. The molecule has 2 fully saturated rings. The molecule has 2 aromatic heterocycles. The fourth-order valence-electron chi connectivity index (χ4n) is 4.53. The predicted octanol–water partition coefficient (Wildman–Crippen LogP) is 4.50. The predicted molar refractivity (Wildman–Crippen MR) is 125 cm³/mol. The average molecular weight is 487 g/mol. The molecule has 1 aliphatic heterocycles. The number of nitrogens with one attached hydrogen (secondary N) is 1. The Morgan fingerprint density at radius 2 is 1.91 bits per heavy atom. The number of piperidine rings is 1. The summed E-state index contributed by atoms with van der Waals surface area (Å²) in [6.07, 6.45) is 5.75. The van der Waals surface area contributed by atoms with Gasteiger partial charge in [-0.1, -0.05) is 36.2 Å². The lowest BCUT2D eigenvalue weighted by molar-refractivity contribution is -0.120. The minimum Gasteiger partial charge on any atom is -0.339 e. The summed E-state index contributed by atoms with van der Waals surface area (Å²) < 4.78 is 33.7. The smallest absolute Gasteiger partial charge is 0.252 e. The molecule has 1 N–H and O–H groups in total. The molecule has 0 unspecified atom stereocenters. The number of carbonyl (C=O) groups excluding carboxylic acids is 1. The van der Waals surface area contributed by atoms with Crippen molar-refractivity contribution in [2.75, 3.05) is 18.4 Å². The fraction of sp³-hybridized carbons (Fsp3) is 0.435. The lowest BCUT2D eigenvalue weighted by Crippen LogP contribution is -2.43. The normalized spacial score (nSPS) is 20.2. The molecule has 3 aromatic rings. The van der Waals surface area contributed by atoms with E-state index in [0.29, 0.717) is 48.3 Å². The van der Waals surface area contributed by atoms with E-state index < -0.39 is 10.0 Å². The first kappa shape index (κ1) is 22.2. The molecular weight excluding hydrogens is 460 g/mol. The topological polar surface area (TPSA) is 105 Å². The van der Waals surface area contributed by atoms with Gasteiger partial charge in [-0.05, 0) is 43.9 Å². The number of hydrogen-bond acceptors (Lipinski definition) is 7. The minimum absolute atomic E-state index is 0.154. The number of hydrogen-bond donors (Lipinski definition) is 1. The first-order valence-corrected chi connectivity index (χ1v) is 13.6. The van der Waals surface area contributed by atoms with Crippen molar-refractivity contribution in [3.8, 4) is 11.4 Å². The number of carbonyl (C=O) groups is 1. The summed E-state index contributed by atoms with van der Waals surface area (Å²) in [5.41, 5.74) is 1.35. The highest BCUT2D eigenvalue weighted by molar-refractivity contribution is 7.91. The fourth-order valence-corrected chi connectivity index (χ4v) is 7.36. The van der Waals surface area contributed by atoms with E-state index in [1.54, 1.807) is 11.4 Å². The first-order chi connectivity index (χ1) is 16.0. The number of rotatable bonds is 6. The van der Waals surface area contributed by atoms with Crippen molar-refractivity contribution in [1.82, 2.24) is 14.4 Å². The lowest BCUT2D eigenvalue weighted by atomic mass is 9.99. The summed E-state index contributed by atoms with van der Waals surface area (Å²) in [5, 5.41) is 8.71. The van der Waals surface area contributed by atoms with Crippen LogP contribution < -0.4 is 5.32 Å². The van der Waals surface area contributed by atoms with E-state index in [-0.39, 0.29) is 22.6 Å². The van der Waals surface area contributed by atoms with Crippen molar-refractivity contribution in [1.29, 1.82) is 0 Å². The summed E-state index contributed by atoms with van der Waals surface area (Å²) in [6.45, 7) is 0.570. The molecule has 1 atom stereocenters. The molecule has 5 rings (SSSR count). The summed E-state index contributed by atoms with van der Waals surface area (Å²) >= 11 is 1.15. The summed E-state index contributed by atoms with van der Waals surface area (Å²) in [5.74, 6) is 0.828. The highest BCUT2D eigenvalue weighted by atomic mass is 32.2. The zero-order valence-corrected chi connectivity index (χ0v) is 19.8. The Kier molecular flexibility index (Phi) is 6.31. The number of thiophene rings is 1. The molecule has 8 nitrogen and oxygen atoms in total. The molecule has 1 saturated carbocycles. The van der Waals surface area contributed by atoms with Crippen LogP contribution in [-0.2, 0) is 14.8 Å². The highest BCUT2D eigenvalue weighted by Gasteiger charge is 2.34. The number of amides is 1. The Labute approximate surface area is 197 Å². The van der Waals surface area contributed by atoms with Gasteiger partial charge in [-0.2, -0.15) is 9.29 Å². The van der Waals surface area contributed by atoms with E-state index in [0.717, 1.165) is 24.2 Å². The van der Waals surface area contributed by atoms with E-state index in [9.17, 15) is 13.2 Å². The molecule has 10 heteroatoms. The minimum atomic E-state index is -3.71. The summed E-state index contributed by atoms with van der Waals surface area (Å²) in [6, 6.07) is 10.8. The lowest BCUT2D eigenvalue weighted by Gasteiger charge is -2.30. The molecule has 3 heterocycles. The van der Waals surface area contributed by atoms with Crippen LogP contribution in [-0.4, -0.2) is 41.9 Å². The standard InChI is InChI=1S/C23H26N4O4S2/c28-22(24-19-10-2-1-3-11-19)17-9-6-12-27(14-17)33(29,30)20-13-18(15-32-20)21-25-23(31-26-21)16-7-4-5-8-16/h1-3,10-11,13,15-17H,4-9,12,14H2,(H,24,28)/t17-/m0/s1. The molecule has 1 aliphatic carbocycles. The van der Waals surface area contributed by atoms with E-state index in [1.165, 1.54) is 17.1 Å². The molecule has 0 spiro atoms. The molecule has 33 heavy (non-hydrogen) atoms. The van der Waals surface area contributed by atoms with Crippen LogP contribution in [0.25, 0.3) is 11.4 Å². The van der Waals surface area contributed by atoms with Crippen molar-refractivity contribution in [2.24, 2.45) is 5.92 Å². The zero-order chi connectivity index (χ0) is 22.8. The number of aromatic nitrogens is 2. The Morgan fingerprint density at radius 1 is 1.12 bits per heavy atom. The van der Waals surface area contributed by atoms with E-state index >= 15 is 0 Å². The van der Waals surface area contributed by atoms with Crippen LogP contribution in [0, 0.1) is 5.92 Å². The largest absolute Gasteiger partial charge is 0.339 e. The Bertz CT molecular complexity index is 1220. The van der Waals surface area contributed by atoms with Crippen molar-refractivity contribution < 1.29 is 17.7 Å². The van der Waals surface area contributed by atoms with Gasteiger partial charge in [0.25, 0.3) is 10.0 Å². The Morgan fingerprint density at radius 3 is 2.70 bits per heavy atom. The van der Waals surface area contributed by atoms with E-state index in [2.05, 4.69) is 15.5 Å². The number of sulfonamides is 1. The van der Waals surface area contributed by atoms with Gasteiger partial charge in [-0.15, -0.1) is 11.3 Å². The van der Waals surface area contributed by atoms with Gasteiger partial charge in [-0.25, -0.2) is 8.42 Å². The van der Waals surface area contributed by atoms with Gasteiger partial charge in [-0.3, -0.25) is 4.79 Å². The molecule has 1 aromatic carbocycles. The molecule has 0 bridgehead atoms. The van der Waals surface area contributed by atoms with Crippen molar-refractivity contribution >= 4 is 33.0 Å². The third-order valence-electron chi connectivity index (χ3n) is 6.37. The van der Waals surface area contributed by atoms with Gasteiger partial charge >= 0.3 is 0 Å². The van der Waals surface area contributed by atoms with E-state index in [1.807, 2.05) is 30.3 Å². The third kappa shape index (κ3) is 4.73. The third-order valence-corrected chi connectivity index (χ3v) is 9.65.